The summed E-state index contributed by atoms with van der Waals surface area (Å²) in [7, 11) is 0. The highest BCUT2D eigenvalue weighted by Crippen LogP contribution is 2.34. The molecule has 6 N–H and O–H groups in total. The van der Waals surface area contributed by atoms with Crippen LogP contribution < -0.4 is 26.8 Å². The molecule has 0 aliphatic heterocycles. The number of aromatic nitrogens is 2. The normalized spacial score (nSPS) is 17.3. The summed E-state index contributed by atoms with van der Waals surface area (Å²) < 4.78 is 21.5. The van der Waals surface area contributed by atoms with Crippen molar-refractivity contribution in [2.75, 3.05) is 18.5 Å². The molecule has 9 nitrogen and oxygen atoms in total. The van der Waals surface area contributed by atoms with Crippen LogP contribution in [0.15, 0.2) is 59.9 Å². The first kappa shape index (κ1) is 29.3. The monoisotopic (exact) mass is 591 g/mol. The van der Waals surface area contributed by atoms with E-state index in [1.54, 1.807) is 6.20 Å². The molecule has 5 rings (SSSR count). The number of aryl methyl sites for hydroxylation is 1. The standard InChI is InChI=1S/C31H35ClFN7O2/c1-18-13-24(42-12-11-36-19(2)41)8-9-25(18)20-14-29-30(38-23-6-4-22(34)5-7-23)26(16-37-40(29)17-20)31(35)39-28-15-21(33)3-10-27(28)32/h3,8-10,13-17,22-23,38H,4-7,11-12,34H2,1-2H3,(H2,35,39)(H,36,41). The summed E-state index contributed by atoms with van der Waals surface area (Å²) >= 11 is 6.27. The molecule has 0 bridgehead atoms. The van der Waals surface area contributed by atoms with Crippen LogP contribution in [-0.2, 0) is 4.79 Å². The zero-order valence-electron chi connectivity index (χ0n) is 23.7. The second-order valence-corrected chi connectivity index (χ2v) is 11.1. The minimum atomic E-state index is -0.452. The molecule has 42 heavy (non-hydrogen) atoms. The largest absolute Gasteiger partial charge is 0.492 e. The molecule has 0 unspecified atom stereocenters. The molecular formula is C31H35ClFN7O2. The van der Waals surface area contributed by atoms with Crippen molar-refractivity contribution in [1.29, 1.82) is 0 Å². The Morgan fingerprint density at radius 3 is 2.71 bits per heavy atom. The predicted octanol–water partition coefficient (Wildman–Crippen LogP) is 5.34. The maximum atomic E-state index is 13.9. The van der Waals surface area contributed by atoms with Crippen molar-refractivity contribution in [3.8, 4) is 16.9 Å². The molecule has 1 amide bonds. The van der Waals surface area contributed by atoms with Crippen molar-refractivity contribution in [1.82, 2.24) is 14.9 Å². The summed E-state index contributed by atoms with van der Waals surface area (Å²) in [5, 5.41) is 11.4. The second kappa shape index (κ2) is 12.8. The van der Waals surface area contributed by atoms with Crippen LogP contribution in [0.4, 0.5) is 15.8 Å². The lowest BCUT2D eigenvalue weighted by molar-refractivity contribution is -0.119. The Morgan fingerprint density at radius 1 is 1.19 bits per heavy atom. The maximum absolute atomic E-state index is 13.9. The highest BCUT2D eigenvalue weighted by molar-refractivity contribution is 6.33. The molecule has 1 aliphatic carbocycles. The molecule has 1 aliphatic rings. The number of hydrogen-bond donors (Lipinski definition) is 4. The van der Waals surface area contributed by atoms with E-state index in [9.17, 15) is 9.18 Å². The Bertz CT molecular complexity index is 1630. The fraction of sp³-hybridized carbons (Fsp3) is 0.323. The van der Waals surface area contributed by atoms with Gasteiger partial charge in [-0.3, -0.25) is 4.79 Å². The Kier molecular flexibility index (Phi) is 8.94. The molecular weight excluding hydrogens is 557 g/mol. The predicted molar refractivity (Wildman–Crippen MR) is 165 cm³/mol. The number of nitrogens with two attached hydrogens (primary N) is 2. The van der Waals surface area contributed by atoms with E-state index in [4.69, 9.17) is 27.8 Å². The van der Waals surface area contributed by atoms with Crippen LogP contribution in [0.2, 0.25) is 5.02 Å². The third kappa shape index (κ3) is 6.83. The van der Waals surface area contributed by atoms with E-state index in [2.05, 4.69) is 26.8 Å². The number of rotatable bonds is 9. The Balaban J connectivity index is 1.50. The van der Waals surface area contributed by atoms with Gasteiger partial charge in [0.15, 0.2) is 0 Å². The molecule has 4 aromatic rings. The van der Waals surface area contributed by atoms with E-state index in [0.29, 0.717) is 23.7 Å². The molecule has 1 saturated carbocycles. The number of hydrogen-bond acceptors (Lipinski definition) is 6. The molecule has 2 aromatic heterocycles. The molecule has 0 saturated heterocycles. The average Bonchev–Trinajstić information content (AvgIpc) is 3.39. The van der Waals surface area contributed by atoms with E-state index >= 15 is 0 Å². The number of aliphatic imine (C=N–C) groups is 1. The molecule has 0 atom stereocenters. The number of benzene rings is 2. The second-order valence-electron chi connectivity index (χ2n) is 10.6. The molecule has 1 fully saturated rings. The zero-order valence-corrected chi connectivity index (χ0v) is 24.4. The smallest absolute Gasteiger partial charge is 0.216 e. The molecule has 0 radical (unpaired) electrons. The third-order valence-electron chi connectivity index (χ3n) is 7.44. The lowest BCUT2D eigenvalue weighted by atomic mass is 9.91. The van der Waals surface area contributed by atoms with Crippen molar-refractivity contribution in [2.24, 2.45) is 16.5 Å². The van der Waals surface area contributed by atoms with Crippen molar-refractivity contribution < 1.29 is 13.9 Å². The average molecular weight is 592 g/mol. The summed E-state index contributed by atoms with van der Waals surface area (Å²) in [5.41, 5.74) is 18.2. The number of amides is 1. The van der Waals surface area contributed by atoms with Crippen LogP contribution in [-0.4, -0.2) is 46.6 Å². The van der Waals surface area contributed by atoms with Gasteiger partial charge in [-0.25, -0.2) is 13.9 Å². The SMILES string of the molecule is CC(=O)NCCOc1ccc(-c2cc3c(NC4CCC(N)CC4)c(C(N)=Nc4cc(F)ccc4Cl)cnn3c2)c(C)c1. The number of anilines is 1. The van der Waals surface area contributed by atoms with Gasteiger partial charge in [0.2, 0.25) is 5.91 Å². The Hall–Kier alpha value is -4.15. The van der Waals surface area contributed by atoms with E-state index in [1.807, 2.05) is 35.8 Å². The van der Waals surface area contributed by atoms with E-state index < -0.39 is 5.82 Å². The summed E-state index contributed by atoms with van der Waals surface area (Å²) in [4.78, 5) is 15.6. The van der Waals surface area contributed by atoms with Gasteiger partial charge in [-0.15, -0.1) is 0 Å². The number of halogens is 2. The van der Waals surface area contributed by atoms with E-state index in [1.165, 1.54) is 25.1 Å². The van der Waals surface area contributed by atoms with Gasteiger partial charge in [0.25, 0.3) is 0 Å². The maximum Gasteiger partial charge on any atom is 0.216 e. The van der Waals surface area contributed by atoms with Gasteiger partial charge in [0, 0.05) is 36.8 Å². The fourth-order valence-corrected chi connectivity index (χ4v) is 5.38. The number of carbonyl (C=O) groups is 1. The van der Waals surface area contributed by atoms with Crippen molar-refractivity contribution in [2.45, 2.75) is 51.6 Å². The number of carbonyl (C=O) groups excluding carboxylic acids is 1. The molecule has 0 spiro atoms. The highest BCUT2D eigenvalue weighted by atomic mass is 35.5. The third-order valence-corrected chi connectivity index (χ3v) is 7.76. The van der Waals surface area contributed by atoms with Crippen LogP contribution in [0.3, 0.4) is 0 Å². The Labute approximate surface area is 249 Å². The van der Waals surface area contributed by atoms with Gasteiger partial charge in [-0.05, 0) is 74.1 Å². The first-order valence-electron chi connectivity index (χ1n) is 14.0. The first-order valence-corrected chi connectivity index (χ1v) is 14.4. The van der Waals surface area contributed by atoms with Crippen LogP contribution in [0.25, 0.3) is 16.6 Å². The lowest BCUT2D eigenvalue weighted by Gasteiger charge is -2.28. The topological polar surface area (TPSA) is 132 Å². The molecule has 2 aromatic carbocycles. The van der Waals surface area contributed by atoms with Gasteiger partial charge >= 0.3 is 0 Å². The highest BCUT2D eigenvalue weighted by Gasteiger charge is 2.22. The quantitative estimate of drug-likeness (QED) is 0.118. The summed E-state index contributed by atoms with van der Waals surface area (Å²) in [6.45, 7) is 4.32. The zero-order chi connectivity index (χ0) is 29.8. The van der Waals surface area contributed by atoms with Crippen LogP contribution >= 0.6 is 11.6 Å². The van der Waals surface area contributed by atoms with Gasteiger partial charge in [-0.2, -0.15) is 5.10 Å². The first-order chi connectivity index (χ1) is 20.2. The van der Waals surface area contributed by atoms with Crippen LogP contribution in [0.5, 0.6) is 5.75 Å². The minimum Gasteiger partial charge on any atom is -0.492 e. The summed E-state index contributed by atoms with van der Waals surface area (Å²) in [5.74, 6) is 0.359. The molecule has 11 heteroatoms. The molecule has 220 valence electrons. The minimum absolute atomic E-state index is 0.0885. The van der Waals surface area contributed by atoms with E-state index in [0.717, 1.165) is 59.3 Å². The van der Waals surface area contributed by atoms with Crippen LogP contribution in [0.1, 0.15) is 43.7 Å². The fourth-order valence-electron chi connectivity index (χ4n) is 5.22. The van der Waals surface area contributed by atoms with Crippen molar-refractivity contribution in [3.05, 3.63) is 76.8 Å². The van der Waals surface area contributed by atoms with E-state index in [-0.39, 0.29) is 29.5 Å². The number of nitrogens with one attached hydrogen (secondary N) is 2. The van der Waals surface area contributed by atoms with Gasteiger partial charge in [-0.1, -0.05) is 17.7 Å². The number of nitrogens with zero attached hydrogens (tertiary/aromatic N) is 3. The van der Waals surface area contributed by atoms with Gasteiger partial charge < -0.3 is 26.8 Å². The van der Waals surface area contributed by atoms with Crippen molar-refractivity contribution >= 4 is 40.2 Å². The van der Waals surface area contributed by atoms with Gasteiger partial charge in [0.1, 0.15) is 24.0 Å². The summed E-state index contributed by atoms with van der Waals surface area (Å²) in [6, 6.07) is 12.4. The van der Waals surface area contributed by atoms with Gasteiger partial charge in [0.05, 0.1) is 40.2 Å². The van der Waals surface area contributed by atoms with Crippen molar-refractivity contribution in [3.63, 3.8) is 0 Å². The lowest BCUT2D eigenvalue weighted by Crippen LogP contribution is -2.33. The number of fused-ring (bicyclic) bond motifs is 1. The Morgan fingerprint density at radius 2 is 1.98 bits per heavy atom. The number of amidine groups is 1. The molecule has 2 heterocycles. The summed E-state index contributed by atoms with van der Waals surface area (Å²) in [6.07, 6.45) is 7.36. The number of ether oxygens (including phenoxy) is 1. The van der Waals surface area contributed by atoms with Crippen LogP contribution in [0, 0.1) is 12.7 Å².